The average Bonchev–Trinajstić information content (AvgIpc) is 3.74. The number of nitrogens with zero attached hydrogens (tertiary/aromatic N) is 4. The summed E-state index contributed by atoms with van der Waals surface area (Å²) in [4.78, 5) is 28.3. The SMILES string of the molecule is C[C@H]1COCCN1CCCn1nc(-c2ccc(Cl)c(C#Cc3ccc(Cl)c(CNC[C@@H]4CCCO4)c3)c2)c2c1CCN(C(=O)C(N)=O)C2. The molecule has 6 rings (SSSR count). The Morgan fingerprint density at radius 3 is 2.73 bits per heavy atom. The molecule has 2 saturated heterocycles. The van der Waals surface area contributed by atoms with Crippen molar-refractivity contribution >= 4 is 35.0 Å². The Labute approximate surface area is 291 Å². The van der Waals surface area contributed by atoms with Crippen molar-refractivity contribution in [1.29, 1.82) is 0 Å². The summed E-state index contributed by atoms with van der Waals surface area (Å²) in [5, 5.41) is 9.73. The van der Waals surface area contributed by atoms with E-state index in [0.29, 0.717) is 41.2 Å². The Kier molecular flexibility index (Phi) is 11.4. The van der Waals surface area contributed by atoms with Gasteiger partial charge in [-0.05, 0) is 62.1 Å². The zero-order valence-corrected chi connectivity index (χ0v) is 28.8. The maximum Gasteiger partial charge on any atom is 0.311 e. The molecule has 48 heavy (non-hydrogen) atoms. The molecule has 3 aliphatic rings. The van der Waals surface area contributed by atoms with E-state index in [1.54, 1.807) is 0 Å². The molecular weight excluding hydrogens is 651 g/mol. The fraction of sp³-hybridized carbons (Fsp3) is 0.472. The number of carbonyl (C=O) groups excluding carboxylic acids is 2. The zero-order valence-electron chi connectivity index (χ0n) is 27.3. The van der Waals surface area contributed by atoms with Gasteiger partial charge in [0.1, 0.15) is 0 Å². The Morgan fingerprint density at radius 2 is 1.94 bits per heavy atom. The molecule has 2 aromatic carbocycles. The standard InChI is InChI=1S/C36H42Cl2N6O4/c1-24-23-47-17-15-42(24)12-3-13-44-33-11-14-43(36(46)35(39)45)22-30(33)34(41-44)27-8-10-31(37)26(19-27)7-5-25-6-9-32(38)28(18-25)20-40-21-29-4-2-16-48-29/h6,8-10,18-19,24,29,40H,2-4,11-17,20-23H2,1H3,(H2,39,45)/t24-,29-/m0/s1. The van der Waals surface area contributed by atoms with Gasteiger partial charge in [-0.2, -0.15) is 5.10 Å². The predicted octanol–water partition coefficient (Wildman–Crippen LogP) is 4.01. The van der Waals surface area contributed by atoms with Crippen LogP contribution in [-0.4, -0.2) is 89.5 Å². The van der Waals surface area contributed by atoms with Crippen molar-refractivity contribution < 1.29 is 19.1 Å². The number of halogens is 2. The summed E-state index contributed by atoms with van der Waals surface area (Å²) >= 11 is 13.2. The second kappa shape index (κ2) is 15.9. The molecule has 4 heterocycles. The van der Waals surface area contributed by atoms with Gasteiger partial charge in [-0.15, -0.1) is 0 Å². The highest BCUT2D eigenvalue weighted by Crippen LogP contribution is 2.32. The molecule has 3 aliphatic heterocycles. The van der Waals surface area contributed by atoms with Crippen LogP contribution < -0.4 is 11.1 Å². The molecule has 10 nitrogen and oxygen atoms in total. The number of nitrogens with one attached hydrogen (secondary N) is 1. The molecule has 3 N–H and O–H groups in total. The lowest BCUT2D eigenvalue weighted by Gasteiger charge is -2.33. The second-order valence-corrected chi connectivity index (χ2v) is 13.5. The highest BCUT2D eigenvalue weighted by molar-refractivity contribution is 6.34. The fourth-order valence-corrected chi connectivity index (χ4v) is 6.97. The van der Waals surface area contributed by atoms with E-state index in [-0.39, 0.29) is 12.6 Å². The Bertz CT molecular complexity index is 1710. The molecule has 2 amide bonds. The predicted molar refractivity (Wildman–Crippen MR) is 186 cm³/mol. The maximum absolute atomic E-state index is 12.6. The first kappa shape index (κ1) is 34.4. The Hall–Kier alpha value is -3.43. The number of amides is 2. The number of carbonyl (C=O) groups is 2. The number of aromatic nitrogens is 2. The third-order valence-corrected chi connectivity index (χ3v) is 9.99. The summed E-state index contributed by atoms with van der Waals surface area (Å²) in [7, 11) is 0. The van der Waals surface area contributed by atoms with Crippen LogP contribution in [0.4, 0.5) is 0 Å². The molecule has 0 bridgehead atoms. The molecule has 0 aliphatic carbocycles. The van der Waals surface area contributed by atoms with Crippen molar-refractivity contribution in [3.63, 3.8) is 0 Å². The topological polar surface area (TPSA) is 115 Å². The molecular formula is C36H42Cl2N6O4. The number of aryl methyl sites for hydroxylation is 1. The molecule has 3 aromatic rings. The summed E-state index contributed by atoms with van der Waals surface area (Å²) in [6, 6.07) is 11.8. The van der Waals surface area contributed by atoms with Crippen LogP contribution in [0.25, 0.3) is 11.3 Å². The van der Waals surface area contributed by atoms with Crippen molar-refractivity contribution in [3.05, 3.63) is 74.4 Å². The van der Waals surface area contributed by atoms with Crippen molar-refractivity contribution in [1.82, 2.24) is 24.9 Å². The third-order valence-electron chi connectivity index (χ3n) is 9.29. The number of nitrogens with two attached hydrogens (primary N) is 1. The molecule has 12 heteroatoms. The molecule has 0 saturated carbocycles. The van der Waals surface area contributed by atoms with Gasteiger partial charge in [0.05, 0.1) is 36.6 Å². The van der Waals surface area contributed by atoms with Gasteiger partial charge in [0.25, 0.3) is 0 Å². The van der Waals surface area contributed by atoms with E-state index in [1.165, 1.54) is 4.90 Å². The highest BCUT2D eigenvalue weighted by atomic mass is 35.5. The first-order valence-electron chi connectivity index (χ1n) is 16.7. The number of rotatable bonds is 9. The lowest BCUT2D eigenvalue weighted by atomic mass is 9.99. The van der Waals surface area contributed by atoms with Gasteiger partial charge in [-0.3, -0.25) is 19.2 Å². The highest BCUT2D eigenvalue weighted by Gasteiger charge is 2.30. The van der Waals surface area contributed by atoms with E-state index in [0.717, 1.165) is 98.9 Å². The van der Waals surface area contributed by atoms with Crippen molar-refractivity contribution in [2.75, 3.05) is 46.0 Å². The van der Waals surface area contributed by atoms with Crippen LogP contribution in [-0.2, 0) is 45.1 Å². The van der Waals surface area contributed by atoms with Crippen LogP contribution in [0, 0.1) is 11.8 Å². The Balaban J connectivity index is 1.23. The minimum atomic E-state index is -0.958. The van der Waals surface area contributed by atoms with Gasteiger partial charge in [-0.25, -0.2) is 0 Å². The summed E-state index contributed by atoms with van der Waals surface area (Å²) in [6.07, 6.45) is 3.94. The van der Waals surface area contributed by atoms with Gasteiger partial charge >= 0.3 is 11.8 Å². The van der Waals surface area contributed by atoms with E-state index >= 15 is 0 Å². The van der Waals surface area contributed by atoms with Gasteiger partial charge in [0.2, 0.25) is 0 Å². The molecule has 254 valence electrons. The van der Waals surface area contributed by atoms with Crippen LogP contribution in [0.15, 0.2) is 36.4 Å². The number of morpholine rings is 1. The first-order valence-corrected chi connectivity index (χ1v) is 17.4. The lowest BCUT2D eigenvalue weighted by Crippen LogP contribution is -2.44. The number of ether oxygens (including phenoxy) is 2. The van der Waals surface area contributed by atoms with Crippen LogP contribution in [0.1, 0.15) is 54.1 Å². The average molecular weight is 694 g/mol. The summed E-state index contributed by atoms with van der Waals surface area (Å²) in [5.41, 5.74) is 11.4. The van der Waals surface area contributed by atoms with Crippen LogP contribution in [0.5, 0.6) is 0 Å². The van der Waals surface area contributed by atoms with E-state index in [2.05, 4.69) is 33.7 Å². The largest absolute Gasteiger partial charge is 0.379 e. The fourth-order valence-electron chi connectivity index (χ4n) is 6.62. The van der Waals surface area contributed by atoms with Gasteiger partial charge < -0.3 is 25.4 Å². The normalized spacial score (nSPS) is 19.5. The molecule has 0 spiro atoms. The molecule has 0 radical (unpaired) electrons. The van der Waals surface area contributed by atoms with E-state index in [1.807, 2.05) is 36.4 Å². The van der Waals surface area contributed by atoms with Gasteiger partial charge in [0, 0.05) is 91.3 Å². The summed E-state index contributed by atoms with van der Waals surface area (Å²) in [5.74, 6) is 4.86. The molecule has 1 aromatic heterocycles. The first-order chi connectivity index (χ1) is 23.3. The molecule has 2 fully saturated rings. The molecule has 0 unspecified atom stereocenters. The minimum absolute atomic E-state index is 0.254. The van der Waals surface area contributed by atoms with Crippen LogP contribution in [0.3, 0.4) is 0 Å². The summed E-state index contributed by atoms with van der Waals surface area (Å²) in [6.45, 7) is 9.19. The lowest BCUT2D eigenvalue weighted by molar-refractivity contribution is -0.144. The zero-order chi connectivity index (χ0) is 33.6. The number of primary amides is 1. The van der Waals surface area contributed by atoms with E-state index in [9.17, 15) is 9.59 Å². The van der Waals surface area contributed by atoms with Crippen molar-refractivity contribution in [2.24, 2.45) is 5.73 Å². The van der Waals surface area contributed by atoms with E-state index in [4.69, 9.17) is 43.5 Å². The van der Waals surface area contributed by atoms with Crippen LogP contribution in [0.2, 0.25) is 10.0 Å². The summed E-state index contributed by atoms with van der Waals surface area (Å²) < 4.78 is 13.4. The monoisotopic (exact) mass is 692 g/mol. The van der Waals surface area contributed by atoms with E-state index < -0.39 is 11.8 Å². The molecule has 2 atom stereocenters. The number of hydrogen-bond acceptors (Lipinski definition) is 7. The van der Waals surface area contributed by atoms with Gasteiger partial charge in [-0.1, -0.05) is 41.1 Å². The number of fused-ring (bicyclic) bond motifs is 1. The quantitative estimate of drug-likeness (QED) is 0.257. The van der Waals surface area contributed by atoms with Crippen LogP contribution >= 0.6 is 23.2 Å². The Morgan fingerprint density at radius 1 is 1.08 bits per heavy atom. The minimum Gasteiger partial charge on any atom is -0.379 e. The second-order valence-electron chi connectivity index (χ2n) is 12.7. The van der Waals surface area contributed by atoms with Crippen molar-refractivity contribution in [2.45, 2.75) is 64.4 Å². The van der Waals surface area contributed by atoms with Crippen molar-refractivity contribution in [3.8, 4) is 23.1 Å². The number of hydrogen-bond donors (Lipinski definition) is 2. The third kappa shape index (κ3) is 8.23. The van der Waals surface area contributed by atoms with Gasteiger partial charge in [0.15, 0.2) is 0 Å². The maximum atomic E-state index is 12.6. The number of benzene rings is 2. The smallest absolute Gasteiger partial charge is 0.311 e.